The van der Waals surface area contributed by atoms with Crippen molar-refractivity contribution in [3.63, 3.8) is 0 Å². The van der Waals surface area contributed by atoms with Crippen molar-refractivity contribution in [3.8, 4) is 5.75 Å². The number of hydrogen-bond donors (Lipinski definition) is 4. The summed E-state index contributed by atoms with van der Waals surface area (Å²) in [5, 5.41) is 16.8. The second-order valence-corrected chi connectivity index (χ2v) is 11.1. The van der Waals surface area contributed by atoms with Gasteiger partial charge in [-0.05, 0) is 48.5 Å². The molecule has 0 saturated heterocycles. The Bertz CT molecular complexity index is 1130. The molecule has 0 spiro atoms. The van der Waals surface area contributed by atoms with Gasteiger partial charge in [0.25, 0.3) is 0 Å². The Balaban J connectivity index is 1.41. The number of phenolic OH excluding ortho intramolecular Hbond substituents is 1. The molecule has 35 heavy (non-hydrogen) atoms. The van der Waals surface area contributed by atoms with Crippen LogP contribution in [-0.2, 0) is 17.6 Å². The van der Waals surface area contributed by atoms with E-state index >= 15 is 0 Å². The van der Waals surface area contributed by atoms with E-state index in [2.05, 4.69) is 48.5 Å². The molecule has 0 aliphatic heterocycles. The Labute approximate surface area is 211 Å². The van der Waals surface area contributed by atoms with Crippen LogP contribution in [0.1, 0.15) is 38.3 Å². The highest BCUT2D eigenvalue weighted by Crippen LogP contribution is 2.27. The maximum atomic E-state index is 12.9. The second kappa shape index (κ2) is 12.9. The van der Waals surface area contributed by atoms with Crippen LogP contribution < -0.4 is 15.5 Å². The Morgan fingerprint density at radius 1 is 1.00 bits per heavy atom. The summed E-state index contributed by atoms with van der Waals surface area (Å²) in [6.07, 6.45) is 2.18. The molecule has 3 rings (SSSR count). The molecular weight excluding hydrogens is 460 g/mol. The van der Waals surface area contributed by atoms with E-state index in [1.54, 1.807) is 6.07 Å². The van der Waals surface area contributed by atoms with Gasteiger partial charge in [-0.25, -0.2) is 0 Å². The van der Waals surface area contributed by atoms with E-state index < -0.39 is 0 Å². The zero-order valence-corrected chi connectivity index (χ0v) is 21.8. The van der Waals surface area contributed by atoms with Crippen molar-refractivity contribution in [2.45, 2.75) is 40.0 Å². The zero-order chi connectivity index (χ0) is 25.3. The number of hydrogen-bond acceptors (Lipinski definition) is 6. The van der Waals surface area contributed by atoms with Crippen LogP contribution in [0.5, 0.6) is 5.75 Å². The van der Waals surface area contributed by atoms with Gasteiger partial charge in [-0.2, -0.15) is 0 Å². The normalized spacial score (nSPS) is 11.7. The number of carbonyl (C=O) groups is 1. The van der Waals surface area contributed by atoms with Crippen LogP contribution in [0.2, 0.25) is 0 Å². The number of H-pyrrole nitrogens is 1. The van der Waals surface area contributed by atoms with Gasteiger partial charge >= 0.3 is 4.87 Å². The molecule has 1 amide bonds. The number of phenols is 1. The smallest absolute Gasteiger partial charge is 0.305 e. The molecule has 0 unspecified atom stereocenters. The highest BCUT2D eigenvalue weighted by atomic mass is 32.1. The average Bonchev–Trinajstić information content (AvgIpc) is 3.21. The maximum Gasteiger partial charge on any atom is 0.305 e. The number of benzene rings is 2. The summed E-state index contributed by atoms with van der Waals surface area (Å²) in [4.78, 5) is 29.1. The van der Waals surface area contributed by atoms with Crippen molar-refractivity contribution in [2.75, 3.05) is 39.3 Å². The van der Waals surface area contributed by atoms with E-state index in [4.69, 9.17) is 0 Å². The zero-order valence-electron chi connectivity index (χ0n) is 21.0. The summed E-state index contributed by atoms with van der Waals surface area (Å²) < 4.78 is 0.807. The molecule has 0 aliphatic carbocycles. The van der Waals surface area contributed by atoms with Crippen LogP contribution in [0.3, 0.4) is 0 Å². The largest absolute Gasteiger partial charge is 0.506 e. The number of thiazole rings is 1. The van der Waals surface area contributed by atoms with Gasteiger partial charge < -0.3 is 25.6 Å². The molecule has 2 aromatic carbocycles. The van der Waals surface area contributed by atoms with Crippen LogP contribution in [0, 0.1) is 5.41 Å². The lowest BCUT2D eigenvalue weighted by Gasteiger charge is -2.30. The van der Waals surface area contributed by atoms with Gasteiger partial charge in [0.05, 0.1) is 4.70 Å². The number of aromatic nitrogens is 1. The van der Waals surface area contributed by atoms with Crippen LogP contribution >= 0.6 is 11.3 Å². The number of fused-ring (bicyclic) bond motifs is 1. The number of aromatic hydroxyl groups is 1. The third kappa shape index (κ3) is 8.80. The summed E-state index contributed by atoms with van der Waals surface area (Å²) in [6.45, 7) is 10.8. The van der Waals surface area contributed by atoms with E-state index in [1.165, 1.54) is 5.56 Å². The number of rotatable bonds is 13. The minimum absolute atomic E-state index is 0.0275. The molecule has 190 valence electrons. The van der Waals surface area contributed by atoms with Gasteiger partial charge in [-0.15, -0.1) is 0 Å². The Hall–Kier alpha value is -2.68. The summed E-state index contributed by atoms with van der Waals surface area (Å²) >= 11 is 1.12. The quantitative estimate of drug-likeness (QED) is 0.270. The van der Waals surface area contributed by atoms with Crippen LogP contribution in [0.15, 0.2) is 47.3 Å². The lowest BCUT2D eigenvalue weighted by Crippen LogP contribution is -2.42. The van der Waals surface area contributed by atoms with Gasteiger partial charge in [-0.3, -0.25) is 9.59 Å². The fourth-order valence-electron chi connectivity index (χ4n) is 4.05. The van der Waals surface area contributed by atoms with Crippen molar-refractivity contribution in [1.29, 1.82) is 0 Å². The van der Waals surface area contributed by atoms with Crippen LogP contribution in [0.4, 0.5) is 0 Å². The summed E-state index contributed by atoms with van der Waals surface area (Å²) in [7, 11) is 0. The first-order valence-corrected chi connectivity index (χ1v) is 13.1. The predicted molar refractivity (Wildman–Crippen MR) is 144 cm³/mol. The SMILES string of the molecule is CC(C)(C)CN(CCNCCc1ccc(O)c2[nH]c(=O)sc12)C(=O)CCNCCc1ccccc1. The molecule has 1 heterocycles. The third-order valence-electron chi connectivity index (χ3n) is 5.74. The number of aromatic amines is 1. The van der Waals surface area contributed by atoms with E-state index in [0.29, 0.717) is 38.1 Å². The lowest BCUT2D eigenvalue weighted by molar-refractivity contribution is -0.132. The van der Waals surface area contributed by atoms with Crippen molar-refractivity contribution in [1.82, 2.24) is 20.5 Å². The van der Waals surface area contributed by atoms with E-state index in [0.717, 1.165) is 47.5 Å². The lowest BCUT2D eigenvalue weighted by atomic mass is 9.96. The molecule has 7 nitrogen and oxygen atoms in total. The molecule has 0 aliphatic rings. The Morgan fingerprint density at radius 3 is 2.46 bits per heavy atom. The van der Waals surface area contributed by atoms with Gasteiger partial charge in [0.15, 0.2) is 0 Å². The molecule has 0 bridgehead atoms. The number of nitrogens with zero attached hydrogens (tertiary/aromatic N) is 1. The first-order chi connectivity index (χ1) is 16.7. The fourth-order valence-corrected chi connectivity index (χ4v) is 4.95. The van der Waals surface area contributed by atoms with Crippen LogP contribution in [-0.4, -0.2) is 60.2 Å². The van der Waals surface area contributed by atoms with Gasteiger partial charge in [0.1, 0.15) is 11.3 Å². The van der Waals surface area contributed by atoms with E-state index in [-0.39, 0.29) is 21.9 Å². The first-order valence-electron chi connectivity index (χ1n) is 12.3. The Morgan fingerprint density at radius 2 is 1.71 bits per heavy atom. The minimum atomic E-state index is -0.165. The van der Waals surface area contributed by atoms with Crippen molar-refractivity contribution >= 4 is 27.5 Å². The average molecular weight is 499 g/mol. The van der Waals surface area contributed by atoms with E-state index in [1.807, 2.05) is 29.2 Å². The van der Waals surface area contributed by atoms with Gasteiger partial charge in [0, 0.05) is 32.6 Å². The standard InChI is InChI=1S/C27H38N4O3S/c1-27(2,3)19-31(23(33)13-16-28-14-11-20-7-5-4-6-8-20)18-17-29-15-12-21-9-10-22(32)24-25(21)35-26(34)30-24/h4-10,28-29,32H,11-19H2,1-3H3,(H,30,34). The van der Waals surface area contributed by atoms with Crippen LogP contribution in [0.25, 0.3) is 10.2 Å². The number of carbonyl (C=O) groups excluding carboxylic acids is 1. The number of nitrogens with one attached hydrogen (secondary N) is 3. The molecule has 8 heteroatoms. The molecule has 0 saturated carbocycles. The second-order valence-electron chi connectivity index (χ2n) is 10.1. The third-order valence-corrected chi connectivity index (χ3v) is 6.69. The summed E-state index contributed by atoms with van der Waals surface area (Å²) in [5.74, 6) is 0.271. The van der Waals surface area contributed by atoms with Crippen molar-refractivity contribution in [3.05, 3.63) is 63.3 Å². The molecule has 1 aromatic heterocycles. The van der Waals surface area contributed by atoms with Gasteiger partial charge in [-0.1, -0.05) is 68.5 Å². The highest BCUT2D eigenvalue weighted by Gasteiger charge is 2.20. The predicted octanol–water partition coefficient (Wildman–Crippen LogP) is 3.52. The minimum Gasteiger partial charge on any atom is -0.506 e. The molecular formula is C27H38N4O3S. The van der Waals surface area contributed by atoms with Crippen molar-refractivity contribution in [2.24, 2.45) is 5.41 Å². The van der Waals surface area contributed by atoms with Gasteiger partial charge in [0.2, 0.25) is 5.91 Å². The number of amides is 1. The first kappa shape index (κ1) is 26.9. The molecule has 3 aromatic rings. The molecule has 4 N–H and O–H groups in total. The molecule has 0 atom stereocenters. The topological polar surface area (TPSA) is 97.5 Å². The van der Waals surface area contributed by atoms with Crippen molar-refractivity contribution < 1.29 is 9.90 Å². The summed E-state index contributed by atoms with van der Waals surface area (Å²) in [6, 6.07) is 13.8. The Kier molecular flexibility index (Phi) is 9.89. The maximum absolute atomic E-state index is 12.9. The molecule has 0 radical (unpaired) electrons. The highest BCUT2D eigenvalue weighted by molar-refractivity contribution is 7.16. The monoisotopic (exact) mass is 498 g/mol. The molecule has 0 fully saturated rings. The fraction of sp³-hybridized carbons (Fsp3) is 0.481. The summed E-state index contributed by atoms with van der Waals surface area (Å²) in [5.41, 5.74) is 2.86. The van der Waals surface area contributed by atoms with E-state index in [9.17, 15) is 14.7 Å².